The number of carbonyl (C=O) groups excluding carboxylic acids is 2. The minimum atomic E-state index is -0.160. The maximum atomic E-state index is 12.4. The first-order chi connectivity index (χ1) is 12.7. The standard InChI is InChI=1S/C19H19N5O2/c25-18-8-4-12-23(18)15-6-3-5-14(13-15)19(26)20-10-9-17-22-21-16-7-1-2-11-24(16)17/h1-3,5-7,11,13H,4,8-10,12H2,(H,20,26). The lowest BCUT2D eigenvalue weighted by atomic mass is 10.1. The van der Waals surface area contributed by atoms with Crippen molar-refractivity contribution in [2.24, 2.45) is 0 Å². The van der Waals surface area contributed by atoms with Gasteiger partial charge in [0, 0.05) is 43.4 Å². The summed E-state index contributed by atoms with van der Waals surface area (Å²) in [6, 6.07) is 12.9. The van der Waals surface area contributed by atoms with Crippen LogP contribution in [0.5, 0.6) is 0 Å². The zero-order valence-corrected chi connectivity index (χ0v) is 14.3. The van der Waals surface area contributed by atoms with Crippen molar-refractivity contribution in [2.75, 3.05) is 18.0 Å². The molecular formula is C19H19N5O2. The number of nitrogens with one attached hydrogen (secondary N) is 1. The fourth-order valence-electron chi connectivity index (χ4n) is 3.19. The fourth-order valence-corrected chi connectivity index (χ4v) is 3.19. The van der Waals surface area contributed by atoms with E-state index in [9.17, 15) is 9.59 Å². The van der Waals surface area contributed by atoms with Gasteiger partial charge < -0.3 is 10.2 Å². The van der Waals surface area contributed by atoms with E-state index in [-0.39, 0.29) is 11.8 Å². The second-order valence-corrected chi connectivity index (χ2v) is 6.25. The highest BCUT2D eigenvalue weighted by Gasteiger charge is 2.22. The minimum absolute atomic E-state index is 0.112. The number of benzene rings is 1. The van der Waals surface area contributed by atoms with Gasteiger partial charge in [0.2, 0.25) is 5.91 Å². The van der Waals surface area contributed by atoms with Crippen LogP contribution in [0.4, 0.5) is 5.69 Å². The number of rotatable bonds is 5. The monoisotopic (exact) mass is 349 g/mol. The van der Waals surface area contributed by atoms with Crippen LogP contribution < -0.4 is 10.2 Å². The highest BCUT2D eigenvalue weighted by Crippen LogP contribution is 2.22. The van der Waals surface area contributed by atoms with Crippen molar-refractivity contribution in [1.29, 1.82) is 0 Å². The van der Waals surface area contributed by atoms with E-state index in [0.29, 0.717) is 31.5 Å². The van der Waals surface area contributed by atoms with Crippen LogP contribution in [0, 0.1) is 0 Å². The minimum Gasteiger partial charge on any atom is -0.352 e. The average Bonchev–Trinajstić information content (AvgIpc) is 3.28. The number of hydrogen-bond acceptors (Lipinski definition) is 4. The lowest BCUT2D eigenvalue weighted by Crippen LogP contribution is -2.27. The highest BCUT2D eigenvalue weighted by molar-refractivity contribution is 5.99. The van der Waals surface area contributed by atoms with Crippen LogP contribution in [-0.2, 0) is 11.2 Å². The van der Waals surface area contributed by atoms with Crippen molar-refractivity contribution in [2.45, 2.75) is 19.3 Å². The third-order valence-electron chi connectivity index (χ3n) is 4.51. The normalized spacial score (nSPS) is 14.2. The molecule has 132 valence electrons. The molecule has 4 rings (SSSR count). The Balaban J connectivity index is 1.40. The third-order valence-corrected chi connectivity index (χ3v) is 4.51. The molecule has 0 atom stereocenters. The van der Waals surface area contributed by atoms with Crippen molar-refractivity contribution in [1.82, 2.24) is 19.9 Å². The number of aromatic nitrogens is 3. The first-order valence-electron chi connectivity index (χ1n) is 8.70. The molecule has 3 aromatic rings. The maximum Gasteiger partial charge on any atom is 0.251 e. The van der Waals surface area contributed by atoms with Crippen LogP contribution in [-0.4, -0.2) is 39.5 Å². The van der Waals surface area contributed by atoms with Gasteiger partial charge >= 0.3 is 0 Å². The predicted molar refractivity (Wildman–Crippen MR) is 97.1 cm³/mol. The van der Waals surface area contributed by atoms with Gasteiger partial charge in [0.1, 0.15) is 5.82 Å². The fraction of sp³-hybridized carbons (Fsp3) is 0.263. The number of hydrogen-bond donors (Lipinski definition) is 1. The van der Waals surface area contributed by atoms with Gasteiger partial charge in [-0.05, 0) is 36.8 Å². The van der Waals surface area contributed by atoms with Crippen molar-refractivity contribution < 1.29 is 9.59 Å². The second-order valence-electron chi connectivity index (χ2n) is 6.25. The van der Waals surface area contributed by atoms with Gasteiger partial charge in [0.15, 0.2) is 5.65 Å². The molecule has 1 aromatic carbocycles. The van der Waals surface area contributed by atoms with Crippen molar-refractivity contribution >= 4 is 23.1 Å². The van der Waals surface area contributed by atoms with E-state index in [1.54, 1.807) is 17.0 Å². The van der Waals surface area contributed by atoms with Crippen LogP contribution in [0.3, 0.4) is 0 Å². The molecule has 0 radical (unpaired) electrons. The molecular weight excluding hydrogens is 330 g/mol. The van der Waals surface area contributed by atoms with Crippen molar-refractivity contribution in [3.8, 4) is 0 Å². The second kappa shape index (κ2) is 6.95. The van der Waals surface area contributed by atoms with Gasteiger partial charge in [0.25, 0.3) is 5.91 Å². The molecule has 7 nitrogen and oxygen atoms in total. The number of carbonyl (C=O) groups is 2. The molecule has 0 bridgehead atoms. The molecule has 1 N–H and O–H groups in total. The predicted octanol–water partition coefficient (Wildman–Crippen LogP) is 1.83. The molecule has 0 unspecified atom stereocenters. The first-order valence-corrected chi connectivity index (χ1v) is 8.70. The highest BCUT2D eigenvalue weighted by atomic mass is 16.2. The summed E-state index contributed by atoms with van der Waals surface area (Å²) in [6.45, 7) is 1.17. The molecule has 26 heavy (non-hydrogen) atoms. The summed E-state index contributed by atoms with van der Waals surface area (Å²) in [5.74, 6) is 0.755. The van der Waals surface area contributed by atoms with Crippen molar-refractivity contribution in [3.63, 3.8) is 0 Å². The number of amides is 2. The summed E-state index contributed by atoms with van der Waals surface area (Å²) in [5, 5.41) is 11.2. The van der Waals surface area contributed by atoms with E-state index >= 15 is 0 Å². The van der Waals surface area contributed by atoms with Crippen LogP contribution >= 0.6 is 0 Å². The van der Waals surface area contributed by atoms with Gasteiger partial charge in [-0.2, -0.15) is 0 Å². The first kappa shape index (κ1) is 16.3. The molecule has 0 saturated carbocycles. The Kier molecular flexibility index (Phi) is 4.35. The molecule has 1 fully saturated rings. The summed E-state index contributed by atoms with van der Waals surface area (Å²) in [7, 11) is 0. The van der Waals surface area contributed by atoms with E-state index in [2.05, 4.69) is 15.5 Å². The smallest absolute Gasteiger partial charge is 0.251 e. The van der Waals surface area contributed by atoms with E-state index in [0.717, 1.165) is 23.6 Å². The maximum absolute atomic E-state index is 12.4. The molecule has 1 aliphatic rings. The van der Waals surface area contributed by atoms with Crippen LogP contribution in [0.2, 0.25) is 0 Å². The zero-order chi connectivity index (χ0) is 17.9. The van der Waals surface area contributed by atoms with Crippen LogP contribution in [0.25, 0.3) is 5.65 Å². The largest absolute Gasteiger partial charge is 0.352 e. The Morgan fingerprint density at radius 3 is 2.92 bits per heavy atom. The molecule has 2 aromatic heterocycles. The Hall–Kier alpha value is -3.22. The van der Waals surface area contributed by atoms with Gasteiger partial charge in [-0.1, -0.05) is 12.1 Å². The van der Waals surface area contributed by atoms with E-state index < -0.39 is 0 Å². The zero-order valence-electron chi connectivity index (χ0n) is 14.3. The van der Waals surface area contributed by atoms with Gasteiger partial charge in [-0.25, -0.2) is 0 Å². The average molecular weight is 349 g/mol. The third kappa shape index (κ3) is 3.15. The number of pyridine rings is 1. The molecule has 1 saturated heterocycles. The molecule has 7 heteroatoms. The number of anilines is 1. The van der Waals surface area contributed by atoms with Crippen LogP contribution in [0.1, 0.15) is 29.0 Å². The summed E-state index contributed by atoms with van der Waals surface area (Å²) in [5.41, 5.74) is 2.12. The SMILES string of the molecule is O=C(NCCc1nnc2ccccn12)c1cccc(N2CCCC2=O)c1. The van der Waals surface area contributed by atoms with E-state index in [4.69, 9.17) is 0 Å². The van der Waals surface area contributed by atoms with Crippen molar-refractivity contribution in [3.05, 3.63) is 60.0 Å². The molecule has 0 aliphatic carbocycles. The topological polar surface area (TPSA) is 79.6 Å². The molecule has 0 spiro atoms. The lowest BCUT2D eigenvalue weighted by Gasteiger charge is -2.16. The van der Waals surface area contributed by atoms with Gasteiger partial charge in [-0.3, -0.25) is 14.0 Å². The Morgan fingerprint density at radius 1 is 1.15 bits per heavy atom. The Bertz CT molecular complexity index is 965. The quantitative estimate of drug-likeness (QED) is 0.762. The number of nitrogens with zero attached hydrogens (tertiary/aromatic N) is 4. The van der Waals surface area contributed by atoms with Gasteiger partial charge in [0.05, 0.1) is 0 Å². The molecule has 1 aliphatic heterocycles. The summed E-state index contributed by atoms with van der Waals surface area (Å²) < 4.78 is 1.91. The summed E-state index contributed by atoms with van der Waals surface area (Å²) in [6.07, 6.45) is 3.93. The van der Waals surface area contributed by atoms with Crippen LogP contribution in [0.15, 0.2) is 48.7 Å². The lowest BCUT2D eigenvalue weighted by molar-refractivity contribution is -0.117. The number of fused-ring (bicyclic) bond motifs is 1. The molecule has 2 amide bonds. The summed E-state index contributed by atoms with van der Waals surface area (Å²) >= 11 is 0. The van der Waals surface area contributed by atoms with E-state index in [1.165, 1.54) is 0 Å². The Morgan fingerprint density at radius 2 is 2.08 bits per heavy atom. The van der Waals surface area contributed by atoms with Gasteiger partial charge in [-0.15, -0.1) is 10.2 Å². The van der Waals surface area contributed by atoms with E-state index in [1.807, 2.05) is 40.9 Å². The molecule has 3 heterocycles. The Labute approximate surface area is 150 Å². The summed E-state index contributed by atoms with van der Waals surface area (Å²) in [4.78, 5) is 26.0.